The van der Waals surface area contributed by atoms with Crippen molar-refractivity contribution in [1.29, 1.82) is 0 Å². The van der Waals surface area contributed by atoms with Gasteiger partial charge < -0.3 is 10.4 Å². The van der Waals surface area contributed by atoms with E-state index in [1.165, 1.54) is 37.3 Å². The third kappa shape index (κ3) is 3.93. The van der Waals surface area contributed by atoms with Crippen LogP contribution < -0.4 is 5.32 Å². The van der Waals surface area contributed by atoms with Crippen LogP contribution in [0.2, 0.25) is 0 Å². The molecule has 0 saturated heterocycles. The van der Waals surface area contributed by atoms with Crippen molar-refractivity contribution in [3.8, 4) is 0 Å². The van der Waals surface area contributed by atoms with E-state index >= 15 is 0 Å². The van der Waals surface area contributed by atoms with Crippen molar-refractivity contribution < 1.29 is 23.1 Å². The molecule has 1 amide bonds. The maximum atomic E-state index is 14.2. The highest BCUT2D eigenvalue weighted by Gasteiger charge is 2.44. The molecule has 128 valence electrons. The molecule has 0 aliphatic heterocycles. The maximum Gasteiger partial charge on any atom is 0.367 e. The van der Waals surface area contributed by atoms with E-state index in [0.29, 0.717) is 0 Å². The Hall–Kier alpha value is -1.93. The molecule has 1 atom stereocenters. The Morgan fingerprint density at radius 1 is 1.33 bits per heavy atom. The van der Waals surface area contributed by atoms with Crippen molar-refractivity contribution in [2.75, 3.05) is 6.54 Å². The summed E-state index contributed by atoms with van der Waals surface area (Å²) in [5.41, 5.74) is -2.28. The van der Waals surface area contributed by atoms with E-state index in [4.69, 9.17) is 0 Å². The molecule has 0 spiro atoms. The Labute approximate surface area is 144 Å². The maximum absolute atomic E-state index is 14.2. The zero-order valence-electron chi connectivity index (χ0n) is 12.6. The molecule has 4 nitrogen and oxygen atoms in total. The fraction of sp³-hybridized carbons (Fsp3) is 0.250. The molecule has 1 unspecified atom stereocenters. The lowest BCUT2D eigenvalue weighted by Crippen LogP contribution is -2.45. The lowest BCUT2D eigenvalue weighted by atomic mass is 9.96. The Bertz CT molecular complexity index is 754. The first-order valence-corrected chi connectivity index (χ1v) is 7.69. The van der Waals surface area contributed by atoms with Crippen LogP contribution >= 0.6 is 15.9 Å². The highest BCUT2D eigenvalue weighted by atomic mass is 79.9. The largest absolute Gasteiger partial charge is 0.384 e. The van der Waals surface area contributed by atoms with Crippen LogP contribution in [0.3, 0.4) is 0 Å². The molecule has 2 rings (SSSR count). The summed E-state index contributed by atoms with van der Waals surface area (Å²) >= 11 is 2.92. The number of benzene rings is 1. The summed E-state index contributed by atoms with van der Waals surface area (Å²) in [4.78, 5) is 15.4. The number of aliphatic hydroxyl groups is 1. The Kier molecular flexibility index (Phi) is 5.29. The van der Waals surface area contributed by atoms with E-state index in [1.54, 1.807) is 0 Å². The van der Waals surface area contributed by atoms with E-state index in [2.05, 4.69) is 20.9 Å². The molecule has 1 aromatic heterocycles. The smallest absolute Gasteiger partial charge is 0.367 e. The Balaban J connectivity index is 2.13. The van der Waals surface area contributed by atoms with Crippen molar-refractivity contribution in [3.05, 3.63) is 64.1 Å². The Morgan fingerprint density at radius 2 is 2.04 bits per heavy atom. The number of alkyl halides is 2. The second kappa shape index (κ2) is 6.90. The molecule has 8 heteroatoms. The van der Waals surface area contributed by atoms with Gasteiger partial charge in [-0.15, -0.1) is 0 Å². The van der Waals surface area contributed by atoms with Crippen LogP contribution in [0.4, 0.5) is 13.2 Å². The molecule has 0 radical (unpaired) electrons. The molecule has 0 bridgehead atoms. The van der Waals surface area contributed by atoms with Crippen LogP contribution in [0, 0.1) is 5.82 Å². The van der Waals surface area contributed by atoms with Crippen molar-refractivity contribution in [1.82, 2.24) is 10.3 Å². The van der Waals surface area contributed by atoms with E-state index in [1.807, 2.05) is 5.32 Å². The van der Waals surface area contributed by atoms with E-state index in [9.17, 15) is 23.1 Å². The fourth-order valence-electron chi connectivity index (χ4n) is 2.01. The zero-order chi connectivity index (χ0) is 18.0. The predicted molar refractivity (Wildman–Crippen MR) is 84.8 cm³/mol. The number of hydrogen-bond acceptors (Lipinski definition) is 3. The molecule has 0 aliphatic rings. The minimum absolute atomic E-state index is 0.0120. The van der Waals surface area contributed by atoms with Crippen molar-refractivity contribution in [2.24, 2.45) is 0 Å². The molecular formula is C16H14BrF3N2O2. The van der Waals surface area contributed by atoms with Gasteiger partial charge >= 0.3 is 5.92 Å². The van der Waals surface area contributed by atoms with Crippen molar-refractivity contribution in [3.63, 3.8) is 0 Å². The molecule has 2 N–H and O–H groups in total. The topological polar surface area (TPSA) is 62.2 Å². The number of nitrogens with one attached hydrogen (secondary N) is 1. The minimum atomic E-state index is -3.89. The number of pyridine rings is 1. The normalized spacial score (nSPS) is 14.1. The van der Waals surface area contributed by atoms with Gasteiger partial charge in [0, 0.05) is 10.7 Å². The number of amides is 1. The second-order valence-electron chi connectivity index (χ2n) is 5.38. The Morgan fingerprint density at radius 3 is 2.67 bits per heavy atom. The number of carbonyl (C=O) groups is 1. The van der Waals surface area contributed by atoms with E-state index in [0.717, 1.165) is 12.3 Å². The average Bonchev–Trinajstić information content (AvgIpc) is 2.53. The molecule has 2 aromatic rings. The van der Waals surface area contributed by atoms with Crippen LogP contribution in [0.15, 0.2) is 47.1 Å². The van der Waals surface area contributed by atoms with Crippen LogP contribution in [-0.2, 0) is 16.3 Å². The molecular weight excluding hydrogens is 389 g/mol. The van der Waals surface area contributed by atoms with Gasteiger partial charge in [-0.1, -0.05) is 12.1 Å². The molecule has 1 aromatic carbocycles. The highest BCUT2D eigenvalue weighted by Crippen LogP contribution is 2.32. The zero-order valence-corrected chi connectivity index (χ0v) is 14.1. The number of halogens is 4. The second-order valence-corrected chi connectivity index (χ2v) is 6.23. The number of aromatic nitrogens is 1. The molecule has 0 saturated carbocycles. The summed E-state index contributed by atoms with van der Waals surface area (Å²) < 4.78 is 41.6. The predicted octanol–water partition coefficient (Wildman–Crippen LogP) is 3.10. The van der Waals surface area contributed by atoms with Crippen molar-refractivity contribution >= 4 is 21.8 Å². The summed E-state index contributed by atoms with van der Waals surface area (Å²) in [6.45, 7) is 0.770. The van der Waals surface area contributed by atoms with Gasteiger partial charge in [-0.2, -0.15) is 8.78 Å². The third-order valence-electron chi connectivity index (χ3n) is 3.38. The summed E-state index contributed by atoms with van der Waals surface area (Å²) in [5, 5.41) is 12.3. The molecule has 0 aliphatic carbocycles. The first kappa shape index (κ1) is 18.4. The molecule has 0 fully saturated rings. The lowest BCUT2D eigenvalue weighted by Gasteiger charge is -2.25. The van der Waals surface area contributed by atoms with Gasteiger partial charge in [-0.25, -0.2) is 4.39 Å². The highest BCUT2D eigenvalue weighted by molar-refractivity contribution is 9.10. The number of nitrogens with zero attached hydrogens (tertiary/aromatic N) is 1. The number of hydrogen-bond donors (Lipinski definition) is 2. The first-order valence-electron chi connectivity index (χ1n) is 6.90. The van der Waals surface area contributed by atoms with Crippen molar-refractivity contribution in [2.45, 2.75) is 18.4 Å². The SMILES string of the molecule is CC(O)(CNC(=O)C(F)(F)c1ncccc1Br)c1cccc(F)c1. The summed E-state index contributed by atoms with van der Waals surface area (Å²) in [7, 11) is 0. The van der Waals surface area contributed by atoms with Gasteiger partial charge in [0.05, 0.1) is 6.54 Å². The van der Waals surface area contributed by atoms with Crippen LogP contribution in [0.5, 0.6) is 0 Å². The molecule has 24 heavy (non-hydrogen) atoms. The van der Waals surface area contributed by atoms with Crippen LogP contribution in [-0.4, -0.2) is 22.5 Å². The fourth-order valence-corrected chi connectivity index (χ4v) is 2.52. The van der Waals surface area contributed by atoms with Gasteiger partial charge in [0.25, 0.3) is 5.91 Å². The van der Waals surface area contributed by atoms with Gasteiger partial charge in [-0.3, -0.25) is 9.78 Å². The van der Waals surface area contributed by atoms with Crippen LogP contribution in [0.1, 0.15) is 18.2 Å². The third-order valence-corrected chi connectivity index (χ3v) is 4.02. The monoisotopic (exact) mass is 402 g/mol. The van der Waals surface area contributed by atoms with E-state index < -0.39 is 35.5 Å². The minimum Gasteiger partial charge on any atom is -0.384 e. The van der Waals surface area contributed by atoms with Gasteiger partial charge in [0.15, 0.2) is 0 Å². The number of rotatable bonds is 5. The van der Waals surface area contributed by atoms with Gasteiger partial charge in [0.1, 0.15) is 17.1 Å². The lowest BCUT2D eigenvalue weighted by molar-refractivity contribution is -0.148. The van der Waals surface area contributed by atoms with E-state index in [-0.39, 0.29) is 10.0 Å². The quantitative estimate of drug-likeness (QED) is 0.807. The standard InChI is InChI=1S/C16H14BrF3N2O2/c1-15(24,10-4-2-5-11(18)8-10)9-22-14(23)16(19,20)13-12(17)6-3-7-21-13/h2-8,24H,9H2,1H3,(H,22,23). The average molecular weight is 403 g/mol. The molecule has 1 heterocycles. The summed E-state index contributed by atoms with van der Waals surface area (Å²) in [6.07, 6.45) is 1.14. The summed E-state index contributed by atoms with van der Waals surface area (Å²) in [5.74, 6) is -6.08. The summed E-state index contributed by atoms with van der Waals surface area (Å²) in [6, 6.07) is 7.84. The van der Waals surface area contributed by atoms with Gasteiger partial charge in [0.2, 0.25) is 0 Å². The number of carbonyl (C=O) groups excluding carboxylic acids is 1. The van der Waals surface area contributed by atoms with Gasteiger partial charge in [-0.05, 0) is 52.7 Å². The van der Waals surface area contributed by atoms with Crippen LogP contribution in [0.25, 0.3) is 0 Å². The first-order chi connectivity index (χ1) is 11.1.